The van der Waals surface area contributed by atoms with E-state index in [0.717, 1.165) is 36.5 Å². The predicted molar refractivity (Wildman–Crippen MR) is 76.2 cm³/mol. The zero-order chi connectivity index (χ0) is 13.4. The molecule has 3 heterocycles. The lowest BCUT2D eigenvalue weighted by atomic mass is 10.1. The summed E-state index contributed by atoms with van der Waals surface area (Å²) in [5.74, 6) is 0.960. The van der Waals surface area contributed by atoms with E-state index in [-0.39, 0.29) is 0 Å². The maximum absolute atomic E-state index is 5.92. The monoisotopic (exact) mass is 260 g/mol. The highest BCUT2D eigenvalue weighted by Crippen LogP contribution is 2.25. The average Bonchev–Trinajstić information content (AvgIpc) is 2.81. The number of piperazine rings is 1. The van der Waals surface area contributed by atoms with Gasteiger partial charge in [-0.1, -0.05) is 0 Å². The van der Waals surface area contributed by atoms with Crippen molar-refractivity contribution in [2.45, 2.75) is 6.04 Å². The second kappa shape index (κ2) is 4.79. The first kappa shape index (κ1) is 12.4. The molecule has 0 spiro atoms. The lowest BCUT2D eigenvalue weighted by molar-refractivity contribution is 0.269. The first-order valence-corrected chi connectivity index (χ1v) is 6.62. The molecule has 1 atom stereocenters. The summed E-state index contributed by atoms with van der Waals surface area (Å²) in [6.07, 6.45) is 3.69. The van der Waals surface area contributed by atoms with E-state index in [9.17, 15) is 0 Å². The minimum absolute atomic E-state index is 0.304. The molecule has 1 saturated heterocycles. The molecule has 3 rings (SSSR count). The van der Waals surface area contributed by atoms with Gasteiger partial charge in [-0.2, -0.15) is 0 Å². The third-order valence-corrected chi connectivity index (χ3v) is 3.85. The van der Waals surface area contributed by atoms with Gasteiger partial charge in [-0.3, -0.25) is 0 Å². The first-order valence-electron chi connectivity index (χ1n) is 6.62. The quantitative estimate of drug-likeness (QED) is 0.826. The van der Waals surface area contributed by atoms with Crippen molar-refractivity contribution in [2.75, 3.05) is 38.1 Å². The Labute approximate surface area is 112 Å². The van der Waals surface area contributed by atoms with Gasteiger partial charge in [0.25, 0.3) is 0 Å². The summed E-state index contributed by atoms with van der Waals surface area (Å²) in [6, 6.07) is 2.30. The van der Waals surface area contributed by atoms with Gasteiger partial charge >= 0.3 is 0 Å². The van der Waals surface area contributed by atoms with Gasteiger partial charge in [0, 0.05) is 39.4 Å². The van der Waals surface area contributed by atoms with Crippen LogP contribution in [-0.2, 0) is 7.05 Å². The molecule has 0 amide bonds. The Morgan fingerprint density at radius 2 is 2.16 bits per heavy atom. The van der Waals surface area contributed by atoms with Crippen LogP contribution in [0.1, 0.15) is 0 Å². The molecule has 1 aliphatic heterocycles. The topological polar surface area (TPSA) is 63.2 Å². The summed E-state index contributed by atoms with van der Waals surface area (Å²) >= 11 is 0. The predicted octanol–water partition coefficient (Wildman–Crippen LogP) is 0.0474. The van der Waals surface area contributed by atoms with Crippen LogP contribution < -0.4 is 10.6 Å². The van der Waals surface area contributed by atoms with E-state index in [1.807, 2.05) is 30.2 Å². The lowest BCUT2D eigenvalue weighted by Crippen LogP contribution is -2.55. The molecule has 1 unspecified atom stereocenters. The van der Waals surface area contributed by atoms with Crippen molar-refractivity contribution >= 4 is 16.9 Å². The van der Waals surface area contributed by atoms with Gasteiger partial charge in [0.2, 0.25) is 0 Å². The maximum Gasteiger partial charge on any atom is 0.157 e. The summed E-state index contributed by atoms with van der Waals surface area (Å²) in [5, 5.41) is 0. The minimum Gasteiger partial charge on any atom is -0.348 e. The van der Waals surface area contributed by atoms with Gasteiger partial charge in [0.15, 0.2) is 5.82 Å². The number of hydrogen-bond acceptors (Lipinski definition) is 5. The second-order valence-electron chi connectivity index (χ2n) is 5.20. The van der Waals surface area contributed by atoms with E-state index >= 15 is 0 Å². The number of hydrogen-bond donors (Lipinski definition) is 1. The van der Waals surface area contributed by atoms with Crippen LogP contribution in [0.4, 0.5) is 5.82 Å². The maximum atomic E-state index is 5.92. The van der Waals surface area contributed by atoms with Crippen LogP contribution in [0.2, 0.25) is 0 Å². The van der Waals surface area contributed by atoms with Crippen LogP contribution >= 0.6 is 0 Å². The number of nitrogens with zero attached hydrogens (tertiary/aromatic N) is 5. The third kappa shape index (κ3) is 2.06. The molecule has 2 aromatic heterocycles. The average molecular weight is 260 g/mol. The summed E-state index contributed by atoms with van der Waals surface area (Å²) in [7, 11) is 4.14. The Morgan fingerprint density at radius 3 is 2.95 bits per heavy atom. The highest BCUT2D eigenvalue weighted by Gasteiger charge is 2.27. The number of anilines is 1. The van der Waals surface area contributed by atoms with E-state index in [2.05, 4.69) is 26.8 Å². The van der Waals surface area contributed by atoms with Crippen LogP contribution in [0, 0.1) is 0 Å². The lowest BCUT2D eigenvalue weighted by Gasteiger charge is -2.40. The van der Waals surface area contributed by atoms with E-state index in [1.54, 1.807) is 0 Å². The zero-order valence-corrected chi connectivity index (χ0v) is 11.5. The molecule has 102 valence electrons. The number of likely N-dealkylation sites (N-methyl/N-ethyl adjacent to an activating group) is 1. The number of pyridine rings is 1. The molecule has 0 bridgehead atoms. The fourth-order valence-corrected chi connectivity index (χ4v) is 2.75. The van der Waals surface area contributed by atoms with Gasteiger partial charge in [0.1, 0.15) is 5.52 Å². The highest BCUT2D eigenvalue weighted by molar-refractivity contribution is 5.86. The smallest absolute Gasteiger partial charge is 0.157 e. The number of rotatable bonds is 2. The molecule has 2 aromatic rings. The molecule has 0 saturated carbocycles. The van der Waals surface area contributed by atoms with Crippen molar-refractivity contribution in [1.82, 2.24) is 19.4 Å². The van der Waals surface area contributed by atoms with Gasteiger partial charge < -0.3 is 20.1 Å². The molecule has 2 N–H and O–H groups in total. The fraction of sp³-hybridized carbons (Fsp3) is 0.538. The molecule has 6 heteroatoms. The largest absolute Gasteiger partial charge is 0.348 e. The number of aromatic nitrogens is 3. The van der Waals surface area contributed by atoms with Crippen molar-refractivity contribution in [3.63, 3.8) is 0 Å². The van der Waals surface area contributed by atoms with Gasteiger partial charge in [-0.15, -0.1) is 0 Å². The van der Waals surface area contributed by atoms with Crippen LogP contribution in [0.15, 0.2) is 18.6 Å². The van der Waals surface area contributed by atoms with Crippen LogP contribution in [0.5, 0.6) is 0 Å². The van der Waals surface area contributed by atoms with Gasteiger partial charge in [0.05, 0.1) is 17.9 Å². The standard InChI is InChI=1S/C13H20N6/c1-17-5-6-19(10(7-14)8-17)13-12-11(3-4-15-13)18(2)9-16-12/h3-4,9-10H,5-8,14H2,1-2H3. The van der Waals surface area contributed by atoms with Crippen LogP contribution in [-0.4, -0.2) is 58.7 Å². The summed E-state index contributed by atoms with van der Waals surface area (Å²) in [6.45, 7) is 3.58. The van der Waals surface area contributed by atoms with Crippen molar-refractivity contribution < 1.29 is 0 Å². The van der Waals surface area contributed by atoms with Gasteiger partial charge in [-0.25, -0.2) is 9.97 Å². The molecule has 0 aromatic carbocycles. The Morgan fingerprint density at radius 1 is 1.32 bits per heavy atom. The van der Waals surface area contributed by atoms with E-state index in [4.69, 9.17) is 5.73 Å². The summed E-state index contributed by atoms with van der Waals surface area (Å²) in [4.78, 5) is 13.6. The Balaban J connectivity index is 2.03. The van der Waals surface area contributed by atoms with E-state index < -0.39 is 0 Å². The van der Waals surface area contributed by atoms with E-state index in [0.29, 0.717) is 12.6 Å². The fourth-order valence-electron chi connectivity index (χ4n) is 2.75. The number of aryl methyl sites for hydroxylation is 1. The SMILES string of the molecule is CN1CCN(c2nccc3c2ncn3C)C(CN)C1. The van der Waals surface area contributed by atoms with Crippen molar-refractivity contribution in [3.05, 3.63) is 18.6 Å². The Bertz CT molecular complexity index is 578. The summed E-state index contributed by atoms with van der Waals surface area (Å²) in [5.41, 5.74) is 8.00. The van der Waals surface area contributed by atoms with Crippen molar-refractivity contribution in [1.29, 1.82) is 0 Å². The Kier molecular flexibility index (Phi) is 3.12. The molecule has 6 nitrogen and oxygen atoms in total. The number of fused-ring (bicyclic) bond motifs is 1. The van der Waals surface area contributed by atoms with Gasteiger partial charge in [-0.05, 0) is 13.1 Å². The number of imidazole rings is 1. The van der Waals surface area contributed by atoms with Crippen molar-refractivity contribution in [3.8, 4) is 0 Å². The zero-order valence-electron chi connectivity index (χ0n) is 11.5. The molecule has 1 aliphatic rings. The molecular weight excluding hydrogens is 240 g/mol. The summed E-state index contributed by atoms with van der Waals surface area (Å²) < 4.78 is 2.02. The normalized spacial score (nSPS) is 21.2. The minimum atomic E-state index is 0.304. The number of nitrogens with two attached hydrogens (primary N) is 1. The Hall–Kier alpha value is -1.66. The molecule has 1 fully saturated rings. The first-order chi connectivity index (χ1) is 9.20. The molecular formula is C13H20N6. The van der Waals surface area contributed by atoms with Crippen LogP contribution in [0.3, 0.4) is 0 Å². The molecule has 0 aliphatic carbocycles. The molecule has 0 radical (unpaired) electrons. The third-order valence-electron chi connectivity index (χ3n) is 3.85. The second-order valence-corrected chi connectivity index (χ2v) is 5.20. The molecule has 19 heavy (non-hydrogen) atoms. The highest BCUT2D eigenvalue weighted by atomic mass is 15.3. The van der Waals surface area contributed by atoms with Crippen LogP contribution in [0.25, 0.3) is 11.0 Å². The van der Waals surface area contributed by atoms with Crippen molar-refractivity contribution in [2.24, 2.45) is 12.8 Å². The van der Waals surface area contributed by atoms with E-state index in [1.165, 1.54) is 0 Å².